The van der Waals surface area contributed by atoms with E-state index in [2.05, 4.69) is 46.8 Å². The lowest BCUT2D eigenvalue weighted by atomic mass is 9.66. The zero-order valence-corrected chi connectivity index (χ0v) is 22.1. The van der Waals surface area contributed by atoms with Crippen LogP contribution in [0.15, 0.2) is 23.8 Å². The van der Waals surface area contributed by atoms with Crippen LogP contribution in [-0.4, -0.2) is 34.6 Å². The zero-order chi connectivity index (χ0) is 24.5. The molecule has 4 rings (SSSR count). The Morgan fingerprint density at radius 1 is 1.15 bits per heavy atom. The Hall–Kier alpha value is -1.97. The molecule has 1 saturated heterocycles. The summed E-state index contributed by atoms with van der Waals surface area (Å²) >= 11 is 0. The third-order valence-electron chi connectivity index (χ3n) is 8.66. The van der Waals surface area contributed by atoms with Gasteiger partial charge in [-0.1, -0.05) is 52.5 Å². The van der Waals surface area contributed by atoms with Crippen LogP contribution in [0.4, 0.5) is 0 Å². The highest BCUT2D eigenvalue weighted by Gasteiger charge is 2.47. The van der Waals surface area contributed by atoms with E-state index in [9.17, 15) is 9.90 Å². The largest absolute Gasteiger partial charge is 0.508 e. The van der Waals surface area contributed by atoms with E-state index in [0.29, 0.717) is 12.2 Å². The van der Waals surface area contributed by atoms with Crippen molar-refractivity contribution in [2.24, 2.45) is 5.92 Å². The van der Waals surface area contributed by atoms with Crippen LogP contribution in [0.1, 0.15) is 116 Å². The Morgan fingerprint density at radius 2 is 1.88 bits per heavy atom. The minimum absolute atomic E-state index is 0.0214. The number of piperidine rings is 1. The number of hydrogen-bond donors (Lipinski definition) is 1. The van der Waals surface area contributed by atoms with E-state index in [1.807, 2.05) is 11.0 Å². The summed E-state index contributed by atoms with van der Waals surface area (Å²) in [5.41, 5.74) is 2.61. The molecule has 1 aromatic carbocycles. The van der Waals surface area contributed by atoms with Crippen LogP contribution in [0.2, 0.25) is 0 Å². The van der Waals surface area contributed by atoms with E-state index in [0.717, 1.165) is 61.2 Å². The highest BCUT2D eigenvalue weighted by molar-refractivity contribution is 5.94. The summed E-state index contributed by atoms with van der Waals surface area (Å²) in [7, 11) is 0. The van der Waals surface area contributed by atoms with Crippen LogP contribution in [0.5, 0.6) is 11.5 Å². The summed E-state index contributed by atoms with van der Waals surface area (Å²) in [6, 6.07) is 4.15. The van der Waals surface area contributed by atoms with Gasteiger partial charge in [-0.05, 0) is 75.5 Å². The lowest BCUT2D eigenvalue weighted by molar-refractivity contribution is -0.128. The normalized spacial score (nSPS) is 24.0. The van der Waals surface area contributed by atoms with Crippen LogP contribution >= 0.6 is 0 Å². The highest BCUT2D eigenvalue weighted by atomic mass is 16.5. The number of likely N-dealkylation sites (tertiary alicyclic amines) is 1. The quantitative estimate of drug-likeness (QED) is 0.430. The van der Waals surface area contributed by atoms with Gasteiger partial charge in [-0.3, -0.25) is 4.79 Å². The summed E-state index contributed by atoms with van der Waals surface area (Å²) in [5, 5.41) is 11.3. The van der Waals surface area contributed by atoms with Crippen LogP contribution in [0.25, 0.3) is 0 Å². The van der Waals surface area contributed by atoms with E-state index in [4.69, 9.17) is 4.74 Å². The van der Waals surface area contributed by atoms with Gasteiger partial charge in [-0.25, -0.2) is 0 Å². The Kier molecular flexibility index (Phi) is 7.36. The molecule has 2 heterocycles. The summed E-state index contributed by atoms with van der Waals surface area (Å²) < 4.78 is 6.58. The predicted molar refractivity (Wildman–Crippen MR) is 139 cm³/mol. The number of ether oxygens (including phenoxy) is 1. The van der Waals surface area contributed by atoms with E-state index >= 15 is 0 Å². The number of nitrogens with zero attached hydrogens (tertiary/aromatic N) is 1. The first-order chi connectivity index (χ1) is 16.1. The van der Waals surface area contributed by atoms with E-state index < -0.39 is 0 Å². The second kappa shape index (κ2) is 9.95. The predicted octanol–water partition coefficient (Wildman–Crippen LogP) is 7.24. The minimum Gasteiger partial charge on any atom is -0.508 e. The molecule has 0 unspecified atom stereocenters. The van der Waals surface area contributed by atoms with Crippen molar-refractivity contribution >= 4 is 5.91 Å². The van der Waals surface area contributed by atoms with Gasteiger partial charge in [-0.15, -0.1) is 0 Å². The molecule has 4 nitrogen and oxygen atoms in total. The van der Waals surface area contributed by atoms with Crippen LogP contribution in [0.3, 0.4) is 0 Å². The topological polar surface area (TPSA) is 49.8 Å². The first-order valence-electron chi connectivity index (χ1n) is 13.7. The average Bonchev–Trinajstić information content (AvgIpc) is 2.81. The molecule has 1 aromatic rings. The van der Waals surface area contributed by atoms with Gasteiger partial charge >= 0.3 is 0 Å². The number of hydrogen-bond acceptors (Lipinski definition) is 3. The molecule has 0 spiro atoms. The smallest absolute Gasteiger partial charge is 0.249 e. The van der Waals surface area contributed by atoms with E-state index in [1.165, 1.54) is 32.1 Å². The summed E-state index contributed by atoms with van der Waals surface area (Å²) in [6.07, 6.45) is 13.1. The van der Waals surface area contributed by atoms with Gasteiger partial charge in [0.15, 0.2) is 0 Å². The Bertz CT molecular complexity index is 923. The monoisotopic (exact) mass is 467 g/mol. The molecule has 0 radical (unpaired) electrons. The van der Waals surface area contributed by atoms with Gasteiger partial charge in [-0.2, -0.15) is 0 Å². The number of phenols is 1. The Balaban J connectivity index is 1.61. The molecule has 0 aromatic heterocycles. The van der Waals surface area contributed by atoms with Crippen LogP contribution in [-0.2, 0) is 10.2 Å². The number of benzene rings is 1. The van der Waals surface area contributed by atoms with Gasteiger partial charge in [0.2, 0.25) is 5.91 Å². The molecular formula is C30H45NO3. The van der Waals surface area contributed by atoms with Crippen LogP contribution in [0, 0.1) is 5.92 Å². The SMILES string of the molecule is CCCCCCC(C)(C)c1cc(O)c2c(c1)OC(C)(C)[C@@H]1CC=C(C(=O)N3CCCCC3)C[C@@H]21. The van der Waals surface area contributed by atoms with Gasteiger partial charge in [0.1, 0.15) is 17.1 Å². The third-order valence-corrected chi connectivity index (χ3v) is 8.66. The number of unbranched alkanes of at least 4 members (excludes halogenated alkanes) is 3. The van der Waals surface area contributed by atoms with Crippen molar-refractivity contribution < 1.29 is 14.6 Å². The Labute approximate surface area is 206 Å². The number of allylic oxidation sites excluding steroid dienone is 1. The fraction of sp³-hybridized carbons (Fsp3) is 0.700. The fourth-order valence-electron chi connectivity index (χ4n) is 6.40. The fourth-order valence-corrected chi connectivity index (χ4v) is 6.40. The maximum atomic E-state index is 13.3. The number of amides is 1. The van der Waals surface area contributed by atoms with Crippen LogP contribution < -0.4 is 4.74 Å². The number of carbonyl (C=O) groups is 1. The number of carbonyl (C=O) groups excluding carboxylic acids is 1. The Morgan fingerprint density at radius 3 is 2.59 bits per heavy atom. The maximum Gasteiger partial charge on any atom is 0.249 e. The van der Waals surface area contributed by atoms with E-state index in [-0.39, 0.29) is 28.8 Å². The summed E-state index contributed by atoms with van der Waals surface area (Å²) in [4.78, 5) is 15.3. The van der Waals surface area contributed by atoms with Gasteiger partial charge in [0.25, 0.3) is 0 Å². The van der Waals surface area contributed by atoms with Crippen molar-refractivity contribution in [3.8, 4) is 11.5 Å². The number of phenolic OH excluding ortho intramolecular Hbond substituents is 1. The lowest BCUT2D eigenvalue weighted by Crippen LogP contribution is -2.46. The van der Waals surface area contributed by atoms with Crippen molar-refractivity contribution in [3.63, 3.8) is 0 Å². The number of fused-ring (bicyclic) bond motifs is 3. The van der Waals surface area contributed by atoms with Crippen molar-refractivity contribution in [2.45, 2.75) is 116 Å². The average molecular weight is 468 g/mol. The second-order valence-corrected chi connectivity index (χ2v) is 12.0. The molecule has 34 heavy (non-hydrogen) atoms. The van der Waals surface area contributed by atoms with Crippen molar-refractivity contribution in [1.29, 1.82) is 0 Å². The molecule has 1 N–H and O–H groups in total. The first-order valence-corrected chi connectivity index (χ1v) is 13.7. The van der Waals surface area contributed by atoms with Crippen molar-refractivity contribution in [2.75, 3.05) is 13.1 Å². The molecule has 1 amide bonds. The molecule has 4 heteroatoms. The molecule has 0 saturated carbocycles. The summed E-state index contributed by atoms with van der Waals surface area (Å²) in [5.74, 6) is 1.71. The molecule has 3 aliphatic rings. The van der Waals surface area contributed by atoms with E-state index in [1.54, 1.807) is 0 Å². The van der Waals surface area contributed by atoms with Gasteiger partial charge in [0, 0.05) is 36.1 Å². The van der Waals surface area contributed by atoms with Gasteiger partial charge < -0.3 is 14.7 Å². The standard InChI is InChI=1S/C30H45NO3/c1-6-7-8-10-15-29(2,3)22-19-25(32)27-23-18-21(28(33)31-16-11-9-12-17-31)13-14-24(23)30(4,5)34-26(27)20-22/h13,19-20,23-24,32H,6-12,14-18H2,1-5H3/t23-,24-/m1/s1. The lowest BCUT2D eigenvalue weighted by Gasteiger charge is -2.47. The first kappa shape index (κ1) is 25.1. The molecule has 1 aliphatic carbocycles. The second-order valence-electron chi connectivity index (χ2n) is 12.0. The molecule has 2 aliphatic heterocycles. The molecule has 1 fully saturated rings. The maximum absolute atomic E-state index is 13.3. The molecule has 0 bridgehead atoms. The highest BCUT2D eigenvalue weighted by Crippen LogP contribution is 2.55. The third kappa shape index (κ3) is 5.02. The zero-order valence-electron chi connectivity index (χ0n) is 22.1. The number of rotatable bonds is 7. The van der Waals surface area contributed by atoms with Crippen molar-refractivity contribution in [3.05, 3.63) is 34.9 Å². The minimum atomic E-state index is -0.343. The number of aromatic hydroxyl groups is 1. The molecule has 2 atom stereocenters. The van der Waals surface area contributed by atoms with Crippen molar-refractivity contribution in [1.82, 2.24) is 4.90 Å². The molecule has 188 valence electrons. The van der Waals surface area contributed by atoms with Gasteiger partial charge in [0.05, 0.1) is 0 Å². The summed E-state index contributed by atoms with van der Waals surface area (Å²) in [6.45, 7) is 12.9. The molecular weight excluding hydrogens is 422 g/mol.